The number of hydrogen-bond donors (Lipinski definition) is 1. The zero-order valence-corrected chi connectivity index (χ0v) is 17.0. The molecule has 0 unspecified atom stereocenters. The molecule has 0 radical (unpaired) electrons. The standard InChI is InChI=1S/C17H15Cl2N5O3S/c1-2-23(7-8-25)11-5-3-10(4-6-11)21-22-17-20-13-9-12(18)15(24(26)27)14(19)16(13)28-17/h3-6,9,25H,2,7-8H2,1H3. The highest BCUT2D eigenvalue weighted by Crippen LogP contribution is 2.43. The molecule has 28 heavy (non-hydrogen) atoms. The number of likely N-dealkylation sites (N-methyl/N-ethyl adjacent to an activating group) is 1. The van der Waals surface area contributed by atoms with E-state index < -0.39 is 4.92 Å². The molecule has 3 aromatic rings. The van der Waals surface area contributed by atoms with Crippen LogP contribution in [0.2, 0.25) is 10.0 Å². The van der Waals surface area contributed by atoms with Crippen LogP contribution in [-0.4, -0.2) is 34.7 Å². The number of halogens is 2. The highest BCUT2D eigenvalue weighted by atomic mass is 35.5. The largest absolute Gasteiger partial charge is 0.395 e. The second-order valence-corrected chi connectivity index (χ2v) is 7.41. The van der Waals surface area contributed by atoms with Crippen LogP contribution in [0.4, 0.5) is 22.2 Å². The number of benzene rings is 2. The van der Waals surface area contributed by atoms with Gasteiger partial charge in [-0.1, -0.05) is 34.5 Å². The maximum absolute atomic E-state index is 11.1. The summed E-state index contributed by atoms with van der Waals surface area (Å²) in [6, 6.07) is 8.80. The Bertz CT molecular complexity index is 1040. The van der Waals surface area contributed by atoms with E-state index in [-0.39, 0.29) is 22.3 Å². The van der Waals surface area contributed by atoms with Gasteiger partial charge in [0.1, 0.15) is 10.0 Å². The van der Waals surface area contributed by atoms with Crippen LogP contribution in [0.5, 0.6) is 0 Å². The first kappa shape index (κ1) is 20.4. The molecule has 0 aliphatic rings. The number of nitro groups is 1. The number of anilines is 1. The molecule has 11 heteroatoms. The molecular formula is C17H15Cl2N5O3S. The number of hydrogen-bond acceptors (Lipinski definition) is 8. The highest BCUT2D eigenvalue weighted by molar-refractivity contribution is 7.22. The number of thiazole rings is 1. The molecule has 0 aliphatic heterocycles. The first-order valence-electron chi connectivity index (χ1n) is 8.25. The molecule has 0 amide bonds. The van der Waals surface area contributed by atoms with Crippen molar-refractivity contribution < 1.29 is 10.0 Å². The number of nitro benzene ring substituents is 1. The average molecular weight is 440 g/mol. The van der Waals surface area contributed by atoms with Crippen molar-refractivity contribution in [3.05, 3.63) is 50.5 Å². The summed E-state index contributed by atoms with van der Waals surface area (Å²) >= 11 is 13.1. The van der Waals surface area contributed by atoms with Gasteiger partial charge in [-0.3, -0.25) is 10.1 Å². The van der Waals surface area contributed by atoms with Crippen molar-refractivity contribution in [3.8, 4) is 0 Å². The van der Waals surface area contributed by atoms with Crippen LogP contribution in [0.1, 0.15) is 6.92 Å². The molecule has 0 saturated heterocycles. The van der Waals surface area contributed by atoms with Gasteiger partial charge < -0.3 is 10.0 Å². The van der Waals surface area contributed by atoms with E-state index in [4.69, 9.17) is 28.3 Å². The van der Waals surface area contributed by atoms with E-state index in [2.05, 4.69) is 15.2 Å². The third kappa shape index (κ3) is 4.22. The van der Waals surface area contributed by atoms with Gasteiger partial charge in [0.25, 0.3) is 0 Å². The Labute approximate surface area is 174 Å². The van der Waals surface area contributed by atoms with Crippen LogP contribution in [0.15, 0.2) is 40.6 Å². The molecule has 1 N–H and O–H groups in total. The normalized spacial score (nSPS) is 11.4. The number of fused-ring (bicyclic) bond motifs is 1. The van der Waals surface area contributed by atoms with E-state index in [1.807, 2.05) is 24.0 Å². The maximum atomic E-state index is 11.1. The lowest BCUT2D eigenvalue weighted by Crippen LogP contribution is -2.25. The Hall–Kier alpha value is -2.33. The van der Waals surface area contributed by atoms with E-state index in [1.54, 1.807) is 12.1 Å². The summed E-state index contributed by atoms with van der Waals surface area (Å²) in [6.07, 6.45) is 0. The fourth-order valence-electron chi connectivity index (χ4n) is 2.61. The Kier molecular flexibility index (Phi) is 6.40. The number of aliphatic hydroxyl groups excluding tert-OH is 1. The summed E-state index contributed by atoms with van der Waals surface area (Å²) in [7, 11) is 0. The first-order valence-corrected chi connectivity index (χ1v) is 9.82. The van der Waals surface area contributed by atoms with E-state index in [0.29, 0.717) is 27.6 Å². The van der Waals surface area contributed by atoms with Crippen molar-refractivity contribution in [2.75, 3.05) is 24.6 Å². The zero-order valence-electron chi connectivity index (χ0n) is 14.7. The summed E-state index contributed by atoms with van der Waals surface area (Å²) in [6.45, 7) is 3.43. The summed E-state index contributed by atoms with van der Waals surface area (Å²) in [5, 5.41) is 28.6. The molecule has 2 aromatic carbocycles. The lowest BCUT2D eigenvalue weighted by molar-refractivity contribution is -0.384. The molecule has 0 atom stereocenters. The summed E-state index contributed by atoms with van der Waals surface area (Å²) in [5.74, 6) is 0. The minimum absolute atomic E-state index is 0.0562. The molecule has 8 nitrogen and oxygen atoms in total. The lowest BCUT2D eigenvalue weighted by Gasteiger charge is -2.21. The minimum atomic E-state index is -0.622. The van der Waals surface area contributed by atoms with Gasteiger partial charge >= 0.3 is 5.69 Å². The van der Waals surface area contributed by atoms with Crippen LogP contribution in [0.25, 0.3) is 10.2 Å². The van der Waals surface area contributed by atoms with Crippen LogP contribution in [0, 0.1) is 10.1 Å². The van der Waals surface area contributed by atoms with Crippen LogP contribution < -0.4 is 4.90 Å². The third-order valence-electron chi connectivity index (χ3n) is 3.94. The number of azo groups is 1. The van der Waals surface area contributed by atoms with E-state index in [9.17, 15) is 10.1 Å². The van der Waals surface area contributed by atoms with Gasteiger partial charge in [0.15, 0.2) is 0 Å². The van der Waals surface area contributed by atoms with Crippen LogP contribution in [-0.2, 0) is 0 Å². The maximum Gasteiger partial charge on any atom is 0.307 e. The topological polar surface area (TPSA) is 104 Å². The fraction of sp³-hybridized carbons (Fsp3) is 0.235. The number of rotatable bonds is 7. The lowest BCUT2D eigenvalue weighted by atomic mass is 10.2. The van der Waals surface area contributed by atoms with Crippen molar-refractivity contribution in [3.63, 3.8) is 0 Å². The van der Waals surface area contributed by atoms with Crippen molar-refractivity contribution in [2.24, 2.45) is 10.2 Å². The molecule has 146 valence electrons. The molecule has 0 saturated carbocycles. The van der Waals surface area contributed by atoms with E-state index >= 15 is 0 Å². The Morgan fingerprint density at radius 3 is 2.61 bits per heavy atom. The van der Waals surface area contributed by atoms with Gasteiger partial charge in [0, 0.05) is 18.8 Å². The van der Waals surface area contributed by atoms with Gasteiger partial charge in [-0.15, -0.1) is 10.2 Å². The Balaban J connectivity index is 1.85. The van der Waals surface area contributed by atoms with Gasteiger partial charge in [-0.2, -0.15) is 0 Å². The number of aromatic nitrogens is 1. The smallest absolute Gasteiger partial charge is 0.307 e. The van der Waals surface area contributed by atoms with Crippen molar-refractivity contribution >= 4 is 66.9 Å². The monoisotopic (exact) mass is 439 g/mol. The van der Waals surface area contributed by atoms with Crippen molar-refractivity contribution in [1.82, 2.24) is 4.98 Å². The summed E-state index contributed by atoms with van der Waals surface area (Å²) < 4.78 is 0.435. The van der Waals surface area contributed by atoms with Crippen molar-refractivity contribution in [2.45, 2.75) is 6.92 Å². The molecule has 0 spiro atoms. The van der Waals surface area contributed by atoms with Crippen LogP contribution in [0.3, 0.4) is 0 Å². The summed E-state index contributed by atoms with van der Waals surface area (Å²) in [4.78, 5) is 16.8. The molecule has 0 aliphatic carbocycles. The Morgan fingerprint density at radius 2 is 2.00 bits per heavy atom. The third-order valence-corrected chi connectivity index (χ3v) is 5.68. The predicted molar refractivity (Wildman–Crippen MR) is 112 cm³/mol. The molecule has 3 rings (SSSR count). The molecular weight excluding hydrogens is 425 g/mol. The number of aliphatic hydroxyl groups is 1. The molecule has 1 heterocycles. The van der Waals surface area contributed by atoms with Gasteiger partial charge in [-0.25, -0.2) is 4.98 Å². The minimum Gasteiger partial charge on any atom is -0.395 e. The Morgan fingerprint density at radius 1 is 1.29 bits per heavy atom. The SMILES string of the molecule is CCN(CCO)c1ccc(N=Nc2nc3cc(Cl)c([N+](=O)[O-])c(Cl)c3s2)cc1. The van der Waals surface area contributed by atoms with E-state index in [1.165, 1.54) is 6.07 Å². The molecule has 0 fully saturated rings. The first-order chi connectivity index (χ1) is 13.4. The van der Waals surface area contributed by atoms with Gasteiger partial charge in [0.2, 0.25) is 5.13 Å². The zero-order chi connectivity index (χ0) is 20.3. The second kappa shape index (κ2) is 8.78. The average Bonchev–Trinajstić information content (AvgIpc) is 3.08. The molecule has 0 bridgehead atoms. The van der Waals surface area contributed by atoms with E-state index in [0.717, 1.165) is 23.6 Å². The van der Waals surface area contributed by atoms with Crippen LogP contribution >= 0.6 is 34.5 Å². The predicted octanol–water partition coefficient (Wildman–Crippen LogP) is 5.75. The molecule has 1 aromatic heterocycles. The summed E-state index contributed by atoms with van der Waals surface area (Å²) in [5.41, 5.74) is 1.68. The van der Waals surface area contributed by atoms with Gasteiger partial charge in [-0.05, 0) is 37.3 Å². The van der Waals surface area contributed by atoms with Crippen molar-refractivity contribution in [1.29, 1.82) is 0 Å². The number of nitrogens with zero attached hydrogens (tertiary/aromatic N) is 5. The second-order valence-electron chi connectivity index (χ2n) is 5.64. The quantitative estimate of drug-likeness (QED) is 0.286. The highest BCUT2D eigenvalue weighted by Gasteiger charge is 2.23. The van der Waals surface area contributed by atoms with Gasteiger partial charge in [0.05, 0.1) is 27.4 Å². The fourth-order valence-corrected chi connectivity index (χ4v) is 4.11.